The van der Waals surface area contributed by atoms with Gasteiger partial charge in [-0.25, -0.2) is 8.78 Å². The van der Waals surface area contributed by atoms with Gasteiger partial charge in [-0.3, -0.25) is 9.59 Å². The molecule has 22 heavy (non-hydrogen) atoms. The average Bonchev–Trinajstić information content (AvgIpc) is 2.93. The first kappa shape index (κ1) is 16.2. The van der Waals surface area contributed by atoms with Gasteiger partial charge in [0.05, 0.1) is 0 Å². The van der Waals surface area contributed by atoms with Gasteiger partial charge in [-0.1, -0.05) is 6.07 Å². The predicted molar refractivity (Wildman–Crippen MR) is 77.0 cm³/mol. The van der Waals surface area contributed by atoms with Crippen molar-refractivity contribution in [2.75, 3.05) is 7.05 Å². The molecule has 116 valence electrons. The van der Waals surface area contributed by atoms with Crippen LogP contribution < -0.4 is 10.6 Å². The van der Waals surface area contributed by atoms with Gasteiger partial charge >= 0.3 is 0 Å². The van der Waals surface area contributed by atoms with E-state index in [0.717, 1.165) is 12.1 Å². The summed E-state index contributed by atoms with van der Waals surface area (Å²) in [5.74, 6) is -3.42. The van der Waals surface area contributed by atoms with Crippen molar-refractivity contribution in [1.82, 2.24) is 10.6 Å². The van der Waals surface area contributed by atoms with Crippen molar-refractivity contribution in [3.05, 3.63) is 58.0 Å². The molecule has 1 atom stereocenters. The molecular formula is C14H11BrF2N2O3. The van der Waals surface area contributed by atoms with Crippen LogP contribution in [0.15, 0.2) is 39.4 Å². The number of carbonyl (C=O) groups is 2. The van der Waals surface area contributed by atoms with Gasteiger partial charge in [0.2, 0.25) is 5.91 Å². The van der Waals surface area contributed by atoms with E-state index in [9.17, 15) is 18.4 Å². The van der Waals surface area contributed by atoms with Gasteiger partial charge in [-0.2, -0.15) is 0 Å². The SMILES string of the molecule is CNC(=O)C(NC(=O)c1ccc(Br)o1)c1ccc(F)c(F)c1. The Balaban J connectivity index is 2.28. The van der Waals surface area contributed by atoms with E-state index in [0.29, 0.717) is 4.67 Å². The van der Waals surface area contributed by atoms with E-state index in [2.05, 4.69) is 26.6 Å². The minimum Gasteiger partial charge on any atom is -0.444 e. The number of hydrogen-bond donors (Lipinski definition) is 2. The van der Waals surface area contributed by atoms with Crippen molar-refractivity contribution < 1.29 is 22.8 Å². The van der Waals surface area contributed by atoms with E-state index >= 15 is 0 Å². The van der Waals surface area contributed by atoms with Crippen LogP contribution in [0.2, 0.25) is 0 Å². The molecule has 1 unspecified atom stereocenters. The van der Waals surface area contributed by atoms with E-state index in [1.807, 2.05) is 0 Å². The second-order valence-electron chi connectivity index (χ2n) is 4.30. The summed E-state index contributed by atoms with van der Waals surface area (Å²) >= 11 is 3.05. The molecular weight excluding hydrogens is 362 g/mol. The average molecular weight is 373 g/mol. The predicted octanol–water partition coefficient (Wildman–Crippen LogP) is 2.54. The van der Waals surface area contributed by atoms with E-state index in [1.54, 1.807) is 0 Å². The molecule has 0 fully saturated rings. The van der Waals surface area contributed by atoms with Crippen molar-refractivity contribution in [2.24, 2.45) is 0 Å². The molecule has 0 aliphatic carbocycles. The van der Waals surface area contributed by atoms with Crippen LogP contribution in [0, 0.1) is 11.6 Å². The van der Waals surface area contributed by atoms with Crippen molar-refractivity contribution >= 4 is 27.7 Å². The second kappa shape index (κ2) is 6.69. The molecule has 2 N–H and O–H groups in total. The van der Waals surface area contributed by atoms with E-state index in [1.165, 1.54) is 25.2 Å². The molecule has 2 rings (SSSR count). The van der Waals surface area contributed by atoms with Crippen LogP contribution in [0.5, 0.6) is 0 Å². The summed E-state index contributed by atoms with van der Waals surface area (Å²) in [7, 11) is 1.37. The van der Waals surface area contributed by atoms with E-state index < -0.39 is 29.5 Å². The Hall–Kier alpha value is -2.22. The van der Waals surface area contributed by atoms with Crippen molar-refractivity contribution in [2.45, 2.75) is 6.04 Å². The Bertz CT molecular complexity index is 718. The third-order valence-electron chi connectivity index (χ3n) is 2.86. The van der Waals surface area contributed by atoms with Crippen LogP contribution in [-0.2, 0) is 4.79 Å². The summed E-state index contributed by atoms with van der Waals surface area (Å²) in [5.41, 5.74) is 0.109. The number of benzene rings is 1. The fraction of sp³-hybridized carbons (Fsp3) is 0.143. The van der Waals surface area contributed by atoms with Crippen molar-refractivity contribution in [3.8, 4) is 0 Å². The van der Waals surface area contributed by atoms with Crippen LogP contribution in [0.3, 0.4) is 0 Å². The minimum atomic E-state index is -1.18. The molecule has 0 saturated carbocycles. The van der Waals surface area contributed by atoms with E-state index in [-0.39, 0.29) is 11.3 Å². The Morgan fingerprint density at radius 1 is 1.18 bits per heavy atom. The lowest BCUT2D eigenvalue weighted by molar-refractivity contribution is -0.122. The van der Waals surface area contributed by atoms with Crippen molar-refractivity contribution in [1.29, 1.82) is 0 Å². The highest BCUT2D eigenvalue weighted by molar-refractivity contribution is 9.10. The minimum absolute atomic E-state index is 0.0247. The summed E-state index contributed by atoms with van der Waals surface area (Å²) in [6.07, 6.45) is 0. The second-order valence-corrected chi connectivity index (χ2v) is 5.08. The molecule has 2 amide bonds. The first-order valence-electron chi connectivity index (χ1n) is 6.15. The van der Waals surface area contributed by atoms with Gasteiger partial charge < -0.3 is 15.1 Å². The highest BCUT2D eigenvalue weighted by atomic mass is 79.9. The van der Waals surface area contributed by atoms with Gasteiger partial charge in [0.15, 0.2) is 22.1 Å². The number of hydrogen-bond acceptors (Lipinski definition) is 3. The largest absolute Gasteiger partial charge is 0.444 e. The Morgan fingerprint density at radius 2 is 1.91 bits per heavy atom. The van der Waals surface area contributed by atoms with Gasteiger partial charge in [-0.15, -0.1) is 0 Å². The molecule has 1 aromatic carbocycles. The van der Waals surface area contributed by atoms with Gasteiger partial charge in [0, 0.05) is 7.05 Å². The number of carbonyl (C=O) groups excluding carboxylic acids is 2. The first-order chi connectivity index (χ1) is 10.4. The molecule has 2 aromatic rings. The fourth-order valence-corrected chi connectivity index (χ4v) is 2.08. The number of rotatable bonds is 4. The molecule has 8 heteroatoms. The first-order valence-corrected chi connectivity index (χ1v) is 6.94. The smallest absolute Gasteiger partial charge is 0.287 e. The third kappa shape index (κ3) is 3.51. The lowest BCUT2D eigenvalue weighted by Gasteiger charge is -2.17. The summed E-state index contributed by atoms with van der Waals surface area (Å²) in [6, 6.07) is 4.70. The van der Waals surface area contributed by atoms with Crippen molar-refractivity contribution in [3.63, 3.8) is 0 Å². The normalized spacial score (nSPS) is 11.8. The van der Waals surface area contributed by atoms with Crippen LogP contribution in [0.4, 0.5) is 8.78 Å². The Kier molecular flexibility index (Phi) is 4.92. The summed E-state index contributed by atoms with van der Waals surface area (Å²) in [6.45, 7) is 0. The van der Waals surface area contributed by atoms with Gasteiger partial charge in [-0.05, 0) is 45.8 Å². The maximum atomic E-state index is 13.3. The monoisotopic (exact) mass is 372 g/mol. The molecule has 0 spiro atoms. The van der Waals surface area contributed by atoms with Gasteiger partial charge in [0.1, 0.15) is 6.04 Å². The topological polar surface area (TPSA) is 71.3 Å². The molecule has 0 aliphatic heterocycles. The molecule has 1 aromatic heterocycles. The number of furan rings is 1. The molecule has 0 saturated heterocycles. The lowest BCUT2D eigenvalue weighted by atomic mass is 10.1. The maximum Gasteiger partial charge on any atom is 0.287 e. The zero-order chi connectivity index (χ0) is 16.3. The van der Waals surface area contributed by atoms with E-state index in [4.69, 9.17) is 4.42 Å². The molecule has 0 aliphatic rings. The number of halogens is 3. The molecule has 0 bridgehead atoms. The highest BCUT2D eigenvalue weighted by Gasteiger charge is 2.24. The Labute approximate surface area is 132 Å². The molecule has 0 radical (unpaired) electrons. The summed E-state index contributed by atoms with van der Waals surface area (Å²) in [5, 5.41) is 4.76. The number of likely N-dealkylation sites (N-methyl/N-ethyl adjacent to an activating group) is 1. The zero-order valence-electron chi connectivity index (χ0n) is 11.3. The molecule has 5 nitrogen and oxygen atoms in total. The zero-order valence-corrected chi connectivity index (χ0v) is 12.9. The molecule has 1 heterocycles. The Morgan fingerprint density at radius 3 is 2.45 bits per heavy atom. The third-order valence-corrected chi connectivity index (χ3v) is 3.28. The summed E-state index contributed by atoms with van der Waals surface area (Å²) in [4.78, 5) is 23.9. The maximum absolute atomic E-state index is 13.3. The number of amides is 2. The standard InChI is InChI=1S/C14H11BrF2N2O3/c1-18-14(21)12(7-2-3-8(16)9(17)6-7)19-13(20)10-4-5-11(15)22-10/h2-6,12H,1H3,(H,18,21)(H,19,20). The number of nitrogens with one attached hydrogen (secondary N) is 2. The van der Waals surface area contributed by atoms with Crippen LogP contribution in [-0.4, -0.2) is 18.9 Å². The quantitative estimate of drug-likeness (QED) is 0.866. The highest BCUT2D eigenvalue weighted by Crippen LogP contribution is 2.19. The lowest BCUT2D eigenvalue weighted by Crippen LogP contribution is -2.39. The van der Waals surface area contributed by atoms with Crippen LogP contribution >= 0.6 is 15.9 Å². The fourth-order valence-electron chi connectivity index (χ4n) is 1.78. The van der Waals surface area contributed by atoms with Crippen LogP contribution in [0.1, 0.15) is 22.2 Å². The van der Waals surface area contributed by atoms with Crippen LogP contribution in [0.25, 0.3) is 0 Å². The summed E-state index contributed by atoms with van der Waals surface area (Å²) < 4.78 is 31.7. The van der Waals surface area contributed by atoms with Gasteiger partial charge in [0.25, 0.3) is 5.91 Å².